The molecule has 4 atom stereocenters. The quantitative estimate of drug-likeness (QED) is 0.403. The summed E-state index contributed by atoms with van der Waals surface area (Å²) in [4.78, 5) is 0. The van der Waals surface area contributed by atoms with Gasteiger partial charge in [0.2, 0.25) is 0 Å². The van der Waals surface area contributed by atoms with Gasteiger partial charge in [-0.2, -0.15) is 0 Å². The van der Waals surface area contributed by atoms with Crippen LogP contribution in [0.5, 0.6) is 0 Å². The highest BCUT2D eigenvalue weighted by Gasteiger charge is 2.26. The highest BCUT2D eigenvalue weighted by atomic mass is 16.6. The van der Waals surface area contributed by atoms with Crippen LogP contribution in [0.3, 0.4) is 0 Å². The van der Waals surface area contributed by atoms with Crippen LogP contribution >= 0.6 is 0 Å². The van der Waals surface area contributed by atoms with Crippen molar-refractivity contribution in [2.45, 2.75) is 63.4 Å². The summed E-state index contributed by atoms with van der Waals surface area (Å²) in [5, 5.41) is 0. The molecule has 4 fully saturated rings. The van der Waals surface area contributed by atoms with Crippen molar-refractivity contribution >= 4 is 0 Å². The fourth-order valence-electron chi connectivity index (χ4n) is 3.52. The Morgan fingerprint density at radius 2 is 1.24 bits per heavy atom. The molecule has 1 saturated carbocycles. The molecule has 0 bridgehead atoms. The van der Waals surface area contributed by atoms with Gasteiger partial charge in [-0.3, -0.25) is 0 Å². The van der Waals surface area contributed by atoms with Gasteiger partial charge in [-0.25, -0.2) is 0 Å². The zero-order valence-electron chi connectivity index (χ0n) is 18.2. The minimum atomic E-state index is 0.206. The fourth-order valence-corrected chi connectivity index (χ4v) is 3.52. The molecule has 3 aliphatic heterocycles. The topological polar surface area (TPSA) is 74.5 Å². The van der Waals surface area contributed by atoms with Crippen LogP contribution in [0.4, 0.5) is 0 Å². The van der Waals surface area contributed by atoms with Crippen molar-refractivity contribution in [1.29, 1.82) is 0 Å². The summed E-state index contributed by atoms with van der Waals surface area (Å²) < 4.78 is 37.1. The van der Waals surface area contributed by atoms with Crippen molar-refractivity contribution in [3.63, 3.8) is 0 Å². The van der Waals surface area contributed by atoms with Crippen LogP contribution in [-0.4, -0.2) is 91.0 Å². The molecule has 0 aromatic heterocycles. The highest BCUT2D eigenvalue weighted by molar-refractivity contribution is 4.73. The van der Waals surface area contributed by atoms with Gasteiger partial charge in [0.1, 0.15) is 18.3 Å². The van der Waals surface area contributed by atoms with Crippen molar-refractivity contribution in [2.75, 3.05) is 66.6 Å². The second kappa shape index (κ2) is 13.2. The molecule has 0 aromatic rings. The Hall–Kier alpha value is -0.280. The maximum Gasteiger partial charge on any atom is 0.104 e. The van der Waals surface area contributed by atoms with Gasteiger partial charge in [0, 0.05) is 20.3 Å². The summed E-state index contributed by atoms with van der Waals surface area (Å²) in [5.74, 6) is 1.56. The molecule has 4 aliphatic rings. The first kappa shape index (κ1) is 23.4. The Kier molecular flexibility index (Phi) is 10.6. The molecular formula is C22H40O7. The molecule has 0 N–H and O–H groups in total. The molecule has 29 heavy (non-hydrogen) atoms. The Morgan fingerprint density at radius 1 is 0.724 bits per heavy atom. The first-order chi connectivity index (χ1) is 14.3. The van der Waals surface area contributed by atoms with Crippen LogP contribution in [0.2, 0.25) is 0 Å². The van der Waals surface area contributed by atoms with E-state index in [9.17, 15) is 0 Å². The summed E-state index contributed by atoms with van der Waals surface area (Å²) in [6.45, 7) is 9.47. The second-order valence-corrected chi connectivity index (χ2v) is 8.65. The number of ether oxygens (including phenoxy) is 7. The van der Waals surface area contributed by atoms with E-state index in [-0.39, 0.29) is 6.10 Å². The van der Waals surface area contributed by atoms with Crippen molar-refractivity contribution < 1.29 is 33.2 Å². The predicted molar refractivity (Wildman–Crippen MR) is 108 cm³/mol. The van der Waals surface area contributed by atoms with Gasteiger partial charge in [-0.05, 0) is 43.9 Å². The van der Waals surface area contributed by atoms with Gasteiger partial charge < -0.3 is 33.2 Å². The van der Waals surface area contributed by atoms with Gasteiger partial charge >= 0.3 is 0 Å². The predicted octanol–water partition coefficient (Wildman–Crippen LogP) is 2.45. The number of hydrogen-bond donors (Lipinski definition) is 0. The molecular weight excluding hydrogens is 376 g/mol. The number of epoxide rings is 3. The highest BCUT2D eigenvalue weighted by Crippen LogP contribution is 2.29. The number of rotatable bonds is 14. The van der Waals surface area contributed by atoms with E-state index in [1.54, 1.807) is 7.11 Å². The lowest BCUT2D eigenvalue weighted by atomic mass is 9.83. The number of methoxy groups -OCH3 is 1. The lowest BCUT2D eigenvalue weighted by Gasteiger charge is -2.27. The summed E-state index contributed by atoms with van der Waals surface area (Å²) in [6.07, 6.45) is 7.52. The molecule has 4 unspecified atom stereocenters. The lowest BCUT2D eigenvalue weighted by molar-refractivity contribution is -0.0255. The van der Waals surface area contributed by atoms with Crippen LogP contribution in [0.25, 0.3) is 0 Å². The van der Waals surface area contributed by atoms with Crippen LogP contribution in [-0.2, 0) is 33.2 Å². The molecule has 0 aromatic carbocycles. The molecule has 170 valence electrons. The second-order valence-electron chi connectivity index (χ2n) is 8.65. The standard InChI is InChI=1S/C12H22O3.C10H18O4/c1-13-6-10-2-4-11(5-3-10)7-14-8-12-9-15-12;1-2-8(12-6-10-7-14-10)3-11-4-9-5-13-9/h10-12H,2-9H2,1H3;8-10H,2-7H2,1H3. The SMILES string of the molecule is CCC(COCC1CO1)OCC1CO1.COCC1CCC(COCC2CO2)CC1. The lowest BCUT2D eigenvalue weighted by Crippen LogP contribution is -2.22. The van der Waals surface area contributed by atoms with E-state index in [1.807, 2.05) is 0 Å². The average Bonchev–Trinajstić information content (AvgIpc) is 3.57. The Labute approximate surface area is 175 Å². The normalized spacial score (nSPS) is 33.5. The molecule has 0 spiro atoms. The van der Waals surface area contributed by atoms with E-state index in [2.05, 4.69) is 6.92 Å². The van der Waals surface area contributed by atoms with Gasteiger partial charge in [0.15, 0.2) is 0 Å². The van der Waals surface area contributed by atoms with Gasteiger partial charge in [-0.1, -0.05) is 6.92 Å². The Morgan fingerprint density at radius 3 is 1.76 bits per heavy atom. The zero-order valence-corrected chi connectivity index (χ0v) is 18.2. The van der Waals surface area contributed by atoms with Crippen LogP contribution in [0.15, 0.2) is 0 Å². The number of hydrogen-bond acceptors (Lipinski definition) is 7. The molecule has 4 rings (SSSR count). The van der Waals surface area contributed by atoms with E-state index < -0.39 is 0 Å². The molecule has 7 nitrogen and oxygen atoms in total. The third kappa shape index (κ3) is 11.1. The summed E-state index contributed by atoms with van der Waals surface area (Å²) >= 11 is 0. The van der Waals surface area contributed by atoms with Crippen LogP contribution < -0.4 is 0 Å². The minimum Gasteiger partial charge on any atom is -0.384 e. The molecule has 3 saturated heterocycles. The van der Waals surface area contributed by atoms with Crippen molar-refractivity contribution in [3.05, 3.63) is 0 Å². The molecule has 3 heterocycles. The Balaban J connectivity index is 0.000000166. The minimum absolute atomic E-state index is 0.206. The molecule has 1 aliphatic carbocycles. The van der Waals surface area contributed by atoms with Crippen molar-refractivity contribution in [3.8, 4) is 0 Å². The first-order valence-corrected chi connectivity index (χ1v) is 11.4. The summed E-state index contributed by atoms with van der Waals surface area (Å²) in [7, 11) is 1.80. The van der Waals surface area contributed by atoms with E-state index in [1.165, 1.54) is 25.7 Å². The van der Waals surface area contributed by atoms with Crippen LogP contribution in [0, 0.1) is 11.8 Å². The summed E-state index contributed by atoms with van der Waals surface area (Å²) in [5.41, 5.74) is 0. The molecule has 0 radical (unpaired) electrons. The largest absolute Gasteiger partial charge is 0.384 e. The van der Waals surface area contributed by atoms with Crippen molar-refractivity contribution in [2.24, 2.45) is 11.8 Å². The molecule has 0 amide bonds. The third-order valence-corrected chi connectivity index (χ3v) is 5.81. The van der Waals surface area contributed by atoms with Crippen molar-refractivity contribution in [1.82, 2.24) is 0 Å². The third-order valence-electron chi connectivity index (χ3n) is 5.81. The smallest absolute Gasteiger partial charge is 0.104 e. The summed E-state index contributed by atoms with van der Waals surface area (Å²) in [6, 6.07) is 0. The van der Waals surface area contributed by atoms with Gasteiger partial charge in [0.05, 0.1) is 52.4 Å². The van der Waals surface area contributed by atoms with E-state index in [0.717, 1.165) is 57.9 Å². The van der Waals surface area contributed by atoms with E-state index in [4.69, 9.17) is 33.2 Å². The van der Waals surface area contributed by atoms with Gasteiger partial charge in [0.25, 0.3) is 0 Å². The zero-order chi connectivity index (χ0) is 20.3. The monoisotopic (exact) mass is 416 g/mol. The fraction of sp³-hybridized carbons (Fsp3) is 1.00. The maximum atomic E-state index is 5.64. The average molecular weight is 417 g/mol. The Bertz CT molecular complexity index is 415. The maximum absolute atomic E-state index is 5.64. The van der Waals surface area contributed by atoms with E-state index in [0.29, 0.717) is 38.1 Å². The van der Waals surface area contributed by atoms with E-state index >= 15 is 0 Å². The van der Waals surface area contributed by atoms with Crippen LogP contribution in [0.1, 0.15) is 39.0 Å². The van der Waals surface area contributed by atoms with Gasteiger partial charge in [-0.15, -0.1) is 0 Å². The molecule has 7 heteroatoms. The first-order valence-electron chi connectivity index (χ1n) is 11.4.